The van der Waals surface area contributed by atoms with E-state index >= 15 is 0 Å². The van der Waals surface area contributed by atoms with Crippen molar-refractivity contribution in [2.45, 2.75) is 96.7 Å². The molecule has 5 rings (SSSR count). The molecule has 46 heavy (non-hydrogen) atoms. The molecular weight excluding hydrogens is 606 g/mol. The number of hydrogen-bond donors (Lipinski definition) is 1. The third-order valence-electron chi connectivity index (χ3n) is 10.4. The maximum absolute atomic E-state index is 14.2. The Morgan fingerprint density at radius 2 is 1.89 bits per heavy atom. The first-order valence-electron chi connectivity index (χ1n) is 16.7. The van der Waals surface area contributed by atoms with Crippen LogP contribution in [0.25, 0.3) is 0 Å². The zero-order valence-electron chi connectivity index (χ0n) is 28.5. The third kappa shape index (κ3) is 8.20. The number of anilines is 1. The largest absolute Gasteiger partial charge is 0.418 e. The van der Waals surface area contributed by atoms with E-state index in [2.05, 4.69) is 72.3 Å². The monoisotopic (exact) mass is 656 g/mol. The Labute approximate surface area is 273 Å². The van der Waals surface area contributed by atoms with E-state index in [1.807, 2.05) is 29.8 Å². The van der Waals surface area contributed by atoms with Gasteiger partial charge in [-0.1, -0.05) is 39.8 Å². The van der Waals surface area contributed by atoms with Gasteiger partial charge in [0.1, 0.15) is 12.2 Å². The van der Waals surface area contributed by atoms with E-state index in [1.54, 1.807) is 12.5 Å². The fraction of sp³-hybridized carbons (Fsp3) is 0.629. The van der Waals surface area contributed by atoms with E-state index in [-0.39, 0.29) is 23.2 Å². The molecule has 2 aliphatic rings. The third-order valence-corrected chi connectivity index (χ3v) is 14.9. The van der Waals surface area contributed by atoms with Crippen LogP contribution in [0.2, 0.25) is 18.1 Å². The first-order chi connectivity index (χ1) is 21.6. The zero-order valence-corrected chi connectivity index (χ0v) is 29.5. The van der Waals surface area contributed by atoms with Crippen LogP contribution < -0.4 is 5.32 Å². The van der Waals surface area contributed by atoms with Gasteiger partial charge in [0.2, 0.25) is 0 Å². The molecule has 0 bridgehead atoms. The Balaban J connectivity index is 1.28. The first kappa shape index (κ1) is 34.6. The van der Waals surface area contributed by atoms with Gasteiger partial charge in [-0.3, -0.25) is 9.88 Å². The number of nitrogens with zero attached hydrogens (tertiary/aromatic N) is 5. The Bertz CT molecular complexity index is 1460. The molecular formula is C35H51F3N6OSi. The second-order valence-corrected chi connectivity index (χ2v) is 20.1. The van der Waals surface area contributed by atoms with Gasteiger partial charge in [-0.2, -0.15) is 13.2 Å². The fourth-order valence-corrected chi connectivity index (χ4v) is 7.75. The lowest BCUT2D eigenvalue weighted by atomic mass is 9.66. The summed E-state index contributed by atoms with van der Waals surface area (Å²) in [7, 11) is 0.145. The number of benzene rings is 1. The lowest BCUT2D eigenvalue weighted by Crippen LogP contribution is -2.44. The van der Waals surface area contributed by atoms with Crippen LogP contribution in [0, 0.1) is 17.8 Å². The van der Waals surface area contributed by atoms with Crippen LogP contribution >= 0.6 is 0 Å². The van der Waals surface area contributed by atoms with Gasteiger partial charge in [0.15, 0.2) is 8.32 Å². The van der Waals surface area contributed by atoms with E-state index in [0.29, 0.717) is 29.9 Å². The number of halogens is 3. The van der Waals surface area contributed by atoms with Gasteiger partial charge >= 0.3 is 6.18 Å². The molecule has 1 unspecified atom stereocenters. The maximum atomic E-state index is 14.2. The molecule has 3 heterocycles. The minimum Gasteiger partial charge on any atom is -0.417 e. The number of rotatable bonds is 11. The molecule has 0 spiro atoms. The average Bonchev–Trinajstić information content (AvgIpc) is 3.37. The van der Waals surface area contributed by atoms with Crippen LogP contribution in [0.1, 0.15) is 87.5 Å². The molecule has 252 valence electrons. The normalized spacial score (nSPS) is 22.0. The topological polar surface area (TPSA) is 68.1 Å². The van der Waals surface area contributed by atoms with Crippen molar-refractivity contribution in [1.82, 2.24) is 24.6 Å². The molecule has 3 aromatic rings. The average molecular weight is 657 g/mol. The maximum Gasteiger partial charge on any atom is 0.418 e. The molecule has 1 saturated carbocycles. The molecule has 2 atom stereocenters. The second kappa shape index (κ2) is 13.8. The van der Waals surface area contributed by atoms with Gasteiger partial charge in [0, 0.05) is 44.5 Å². The van der Waals surface area contributed by atoms with Gasteiger partial charge in [0.25, 0.3) is 0 Å². The van der Waals surface area contributed by atoms with Crippen LogP contribution in [-0.2, 0) is 30.7 Å². The summed E-state index contributed by atoms with van der Waals surface area (Å²) in [5, 5.41) is 12.1. The summed E-state index contributed by atoms with van der Waals surface area (Å²) < 4.78 is 51.1. The van der Waals surface area contributed by atoms with Gasteiger partial charge < -0.3 is 14.3 Å². The fourth-order valence-electron chi connectivity index (χ4n) is 6.67. The number of hydrogen-bond acceptors (Lipinski definition) is 6. The minimum atomic E-state index is -4.48. The highest BCUT2D eigenvalue weighted by Crippen LogP contribution is 2.47. The molecule has 0 amide bonds. The van der Waals surface area contributed by atoms with Crippen LogP contribution in [-0.4, -0.2) is 52.7 Å². The summed E-state index contributed by atoms with van der Waals surface area (Å²) in [5.41, 5.74) is 1.76. The molecule has 1 aliphatic carbocycles. The first-order valence-corrected chi connectivity index (χ1v) is 19.6. The Hall–Kier alpha value is -2.76. The van der Waals surface area contributed by atoms with Crippen LogP contribution in [0.3, 0.4) is 0 Å². The van der Waals surface area contributed by atoms with Crippen molar-refractivity contribution in [3.05, 3.63) is 71.1 Å². The van der Waals surface area contributed by atoms with Crippen LogP contribution in [0.4, 0.5) is 18.9 Å². The summed E-state index contributed by atoms with van der Waals surface area (Å²) in [6.07, 6.45) is 3.15. The summed E-state index contributed by atoms with van der Waals surface area (Å²) in [6.45, 7) is 16.6. The van der Waals surface area contributed by atoms with Crippen molar-refractivity contribution in [3.63, 3.8) is 0 Å². The minimum absolute atomic E-state index is 0.00193. The Morgan fingerprint density at radius 3 is 2.54 bits per heavy atom. The van der Waals surface area contributed by atoms with Gasteiger partial charge in [-0.15, -0.1) is 10.2 Å². The highest BCUT2D eigenvalue weighted by Gasteiger charge is 2.42. The number of piperidine rings is 1. The van der Waals surface area contributed by atoms with Crippen LogP contribution in [0.15, 0.2) is 42.9 Å². The van der Waals surface area contributed by atoms with E-state index in [1.165, 1.54) is 12.5 Å². The molecule has 1 aromatic carbocycles. The van der Waals surface area contributed by atoms with Crippen LogP contribution in [0.5, 0.6) is 0 Å². The zero-order chi connectivity index (χ0) is 33.3. The molecule has 0 radical (unpaired) electrons. The van der Waals surface area contributed by atoms with E-state index in [0.717, 1.165) is 56.0 Å². The molecule has 1 N–H and O–H groups in total. The SMILES string of the molecule is C[C@H]1CCCN(Cc2cnc(CNc3cccc(C(c4nncn4C)C4CC(CO[Si](C)(C)C(C)(C)C)C4)c3)c(C(F)(F)F)c2)C1. The van der Waals surface area contributed by atoms with Gasteiger partial charge in [-0.05, 0) is 97.4 Å². The Morgan fingerprint density at radius 1 is 1.13 bits per heavy atom. The van der Waals surface area contributed by atoms with Crippen molar-refractivity contribution in [3.8, 4) is 0 Å². The summed E-state index contributed by atoms with van der Waals surface area (Å²) >= 11 is 0. The number of alkyl halides is 3. The molecule has 2 aromatic heterocycles. The Kier molecular flexibility index (Phi) is 10.3. The van der Waals surface area contributed by atoms with E-state index in [9.17, 15) is 13.2 Å². The van der Waals surface area contributed by atoms with E-state index in [4.69, 9.17) is 4.43 Å². The quantitative estimate of drug-likeness (QED) is 0.210. The molecule has 1 saturated heterocycles. The lowest BCUT2D eigenvalue weighted by molar-refractivity contribution is -0.138. The van der Waals surface area contributed by atoms with Crippen molar-refractivity contribution in [2.75, 3.05) is 25.0 Å². The molecule has 1 aliphatic heterocycles. The number of aryl methyl sites for hydroxylation is 1. The number of pyridine rings is 1. The standard InChI is InChI=1S/C35H51F3N6OSi/c1-24-10-9-13-44(20-24)21-26-16-30(35(36,37)38)31(40-18-26)19-39-29-12-8-11-27(17-29)32(33-42-41-23-43(33)5)28-14-25(15-28)22-45-46(6,7)34(2,3)4/h8,11-12,16-18,23-25,28,32,39H,9-10,13-15,19-22H2,1-7H3/t24-,25?,28?,32?/m0/s1. The van der Waals surface area contributed by atoms with E-state index < -0.39 is 20.1 Å². The highest BCUT2D eigenvalue weighted by molar-refractivity contribution is 6.74. The lowest BCUT2D eigenvalue weighted by Gasteiger charge is -2.43. The van der Waals surface area contributed by atoms with Gasteiger partial charge in [0.05, 0.1) is 17.8 Å². The molecule has 7 nitrogen and oxygen atoms in total. The number of likely N-dealkylation sites (tertiary alicyclic amines) is 1. The molecule has 11 heteroatoms. The smallest absolute Gasteiger partial charge is 0.417 e. The summed E-state index contributed by atoms with van der Waals surface area (Å²) in [4.78, 5) is 6.55. The van der Waals surface area contributed by atoms with Crippen molar-refractivity contribution >= 4 is 14.0 Å². The van der Waals surface area contributed by atoms with Crippen molar-refractivity contribution in [2.24, 2.45) is 24.8 Å². The predicted molar refractivity (Wildman–Crippen MR) is 179 cm³/mol. The summed E-state index contributed by atoms with van der Waals surface area (Å²) in [5.74, 6) is 2.36. The number of aromatic nitrogens is 4. The summed E-state index contributed by atoms with van der Waals surface area (Å²) in [6, 6.07) is 9.26. The van der Waals surface area contributed by atoms with Gasteiger partial charge in [-0.25, -0.2) is 0 Å². The van der Waals surface area contributed by atoms with Crippen molar-refractivity contribution in [1.29, 1.82) is 0 Å². The van der Waals surface area contributed by atoms with Crippen molar-refractivity contribution < 1.29 is 17.6 Å². The predicted octanol–water partition coefficient (Wildman–Crippen LogP) is 8.25. The highest BCUT2D eigenvalue weighted by atomic mass is 28.4. The molecule has 2 fully saturated rings. The second-order valence-electron chi connectivity index (χ2n) is 15.2. The number of nitrogens with one attached hydrogen (secondary N) is 1.